The molecule has 16 heavy (non-hydrogen) atoms. The highest BCUT2D eigenvalue weighted by atomic mass is 32.2. The van der Waals surface area contributed by atoms with Gasteiger partial charge in [0.1, 0.15) is 0 Å². The van der Waals surface area contributed by atoms with Crippen LogP contribution in [0.2, 0.25) is 0 Å². The summed E-state index contributed by atoms with van der Waals surface area (Å²) in [5, 5.41) is 0. The second kappa shape index (κ2) is 5.11. The van der Waals surface area contributed by atoms with Crippen LogP contribution in [0.1, 0.15) is 31.7 Å². The van der Waals surface area contributed by atoms with E-state index in [0.717, 1.165) is 17.7 Å². The maximum atomic E-state index is 12.1. The summed E-state index contributed by atoms with van der Waals surface area (Å²) in [4.78, 5) is 0.884. The lowest BCUT2D eigenvalue weighted by atomic mass is 10.2. The molecule has 0 saturated carbocycles. The molecule has 1 aromatic carbocycles. The summed E-state index contributed by atoms with van der Waals surface area (Å²) in [6.45, 7) is 4.19. The summed E-state index contributed by atoms with van der Waals surface area (Å²) in [6, 6.07) is 7.86. The predicted octanol–water partition coefficient (Wildman–Crippen LogP) is 3.02. The van der Waals surface area contributed by atoms with Gasteiger partial charge in [-0.15, -0.1) is 0 Å². The van der Waals surface area contributed by atoms with Crippen molar-refractivity contribution in [2.24, 2.45) is 0 Å². The Morgan fingerprint density at radius 3 is 2.62 bits per heavy atom. The highest BCUT2D eigenvalue weighted by Crippen LogP contribution is 2.33. The lowest BCUT2D eigenvalue weighted by Gasteiger charge is -1.99. The number of hydrogen-bond acceptors (Lipinski definition) is 2. The van der Waals surface area contributed by atoms with E-state index in [9.17, 15) is 4.21 Å². The maximum Gasteiger partial charge on any atom is 0.163 e. The Labute approximate surface area is 99.5 Å². The minimum Gasteiger partial charge on any atom is -0.355 e. The predicted molar refractivity (Wildman–Crippen MR) is 65.8 cm³/mol. The van der Waals surface area contributed by atoms with Crippen LogP contribution in [-0.4, -0.2) is 15.7 Å². The Balaban J connectivity index is 1.92. The zero-order valence-corrected chi connectivity index (χ0v) is 10.6. The van der Waals surface area contributed by atoms with Crippen molar-refractivity contribution >= 4 is 10.8 Å². The fourth-order valence-electron chi connectivity index (χ4n) is 1.73. The van der Waals surface area contributed by atoms with Gasteiger partial charge in [-0.3, -0.25) is 4.21 Å². The van der Waals surface area contributed by atoms with E-state index in [4.69, 9.17) is 4.74 Å². The van der Waals surface area contributed by atoms with Gasteiger partial charge in [-0.2, -0.15) is 0 Å². The Morgan fingerprint density at radius 1 is 1.31 bits per heavy atom. The van der Waals surface area contributed by atoms with Crippen molar-refractivity contribution in [3.8, 4) is 0 Å². The first kappa shape index (κ1) is 11.8. The van der Waals surface area contributed by atoms with Gasteiger partial charge in [-0.25, -0.2) is 0 Å². The van der Waals surface area contributed by atoms with Crippen LogP contribution < -0.4 is 0 Å². The first-order valence-electron chi connectivity index (χ1n) is 5.85. The monoisotopic (exact) mass is 238 g/mol. The van der Waals surface area contributed by atoms with Crippen LogP contribution in [0.15, 0.2) is 29.2 Å². The van der Waals surface area contributed by atoms with Gasteiger partial charge in [0.2, 0.25) is 0 Å². The smallest absolute Gasteiger partial charge is 0.163 e. The first-order chi connectivity index (χ1) is 7.72. The van der Waals surface area contributed by atoms with Gasteiger partial charge in [0.05, 0.1) is 16.9 Å². The number of aryl methyl sites for hydroxylation is 1. The second-order valence-corrected chi connectivity index (χ2v) is 5.83. The minimum absolute atomic E-state index is 0.0609. The topological polar surface area (TPSA) is 29.6 Å². The van der Waals surface area contributed by atoms with E-state index in [2.05, 4.69) is 6.92 Å². The van der Waals surface area contributed by atoms with Crippen LogP contribution in [0, 0.1) is 6.92 Å². The molecule has 1 aromatic rings. The number of rotatable bonds is 5. The summed E-state index contributed by atoms with van der Waals surface area (Å²) in [5.74, 6) is 0. The SMILES string of the molecule is CCCC[C@@H]1O[C@H]1[S@@](=O)c1ccc(C)cc1. The molecule has 0 bridgehead atoms. The van der Waals surface area contributed by atoms with Crippen molar-refractivity contribution in [1.29, 1.82) is 0 Å². The molecule has 3 atom stereocenters. The van der Waals surface area contributed by atoms with Crippen molar-refractivity contribution in [3.63, 3.8) is 0 Å². The molecule has 0 radical (unpaired) electrons. The highest BCUT2D eigenvalue weighted by Gasteiger charge is 2.43. The molecule has 88 valence electrons. The average Bonchev–Trinajstić information content (AvgIpc) is 3.06. The van der Waals surface area contributed by atoms with Crippen LogP contribution in [0.4, 0.5) is 0 Å². The molecule has 1 fully saturated rings. The summed E-state index contributed by atoms with van der Waals surface area (Å²) >= 11 is 0. The molecule has 0 aliphatic carbocycles. The lowest BCUT2D eigenvalue weighted by molar-refractivity contribution is 0.382. The third-order valence-electron chi connectivity index (χ3n) is 2.84. The van der Waals surface area contributed by atoms with E-state index in [-0.39, 0.29) is 11.5 Å². The first-order valence-corrected chi connectivity index (χ1v) is 7.06. The van der Waals surface area contributed by atoms with E-state index in [0.29, 0.717) is 0 Å². The molecule has 0 amide bonds. The summed E-state index contributed by atoms with van der Waals surface area (Å²) in [6.07, 6.45) is 3.59. The van der Waals surface area contributed by atoms with Gasteiger partial charge in [0.25, 0.3) is 0 Å². The quantitative estimate of drug-likeness (QED) is 0.738. The third kappa shape index (κ3) is 2.71. The Bertz CT molecular complexity index is 372. The molecular formula is C13H18O2S. The molecular weight excluding hydrogens is 220 g/mol. The van der Waals surface area contributed by atoms with E-state index in [1.54, 1.807) is 0 Å². The lowest BCUT2D eigenvalue weighted by Crippen LogP contribution is -2.03. The average molecular weight is 238 g/mol. The standard InChI is InChI=1S/C13H18O2S/c1-3-4-5-12-13(15-12)16(14)11-8-6-10(2)7-9-11/h6-9,12-13H,3-5H2,1-2H3/t12-,13-,16-/m0/s1. The van der Waals surface area contributed by atoms with Crippen LogP contribution in [0.5, 0.6) is 0 Å². The van der Waals surface area contributed by atoms with Gasteiger partial charge in [-0.05, 0) is 25.5 Å². The number of epoxide rings is 1. The second-order valence-electron chi connectivity index (χ2n) is 4.30. The van der Waals surface area contributed by atoms with E-state index in [1.807, 2.05) is 31.2 Å². The number of benzene rings is 1. The van der Waals surface area contributed by atoms with Gasteiger partial charge in [0.15, 0.2) is 5.44 Å². The van der Waals surface area contributed by atoms with Crippen molar-refractivity contribution in [2.45, 2.75) is 49.5 Å². The van der Waals surface area contributed by atoms with Crippen LogP contribution >= 0.6 is 0 Å². The molecule has 1 heterocycles. The van der Waals surface area contributed by atoms with Crippen molar-refractivity contribution in [2.75, 3.05) is 0 Å². The molecule has 1 aliphatic heterocycles. The fourth-order valence-corrected chi connectivity index (χ4v) is 3.06. The summed E-state index contributed by atoms with van der Waals surface area (Å²) < 4.78 is 17.5. The van der Waals surface area contributed by atoms with Crippen molar-refractivity contribution in [1.82, 2.24) is 0 Å². The van der Waals surface area contributed by atoms with Gasteiger partial charge in [0, 0.05) is 4.90 Å². The number of unbranched alkanes of at least 4 members (excludes halogenated alkanes) is 1. The van der Waals surface area contributed by atoms with E-state index < -0.39 is 10.8 Å². The maximum absolute atomic E-state index is 12.1. The largest absolute Gasteiger partial charge is 0.355 e. The summed E-state index contributed by atoms with van der Waals surface area (Å²) in [5.41, 5.74) is 1.13. The zero-order valence-electron chi connectivity index (χ0n) is 9.81. The van der Waals surface area contributed by atoms with Gasteiger partial charge < -0.3 is 4.74 Å². The molecule has 0 aromatic heterocycles. The van der Waals surface area contributed by atoms with Crippen LogP contribution in [-0.2, 0) is 15.5 Å². The Morgan fingerprint density at radius 2 is 2.00 bits per heavy atom. The molecule has 2 rings (SSSR count). The molecule has 3 heteroatoms. The minimum atomic E-state index is -0.988. The van der Waals surface area contributed by atoms with Gasteiger partial charge in [-0.1, -0.05) is 37.5 Å². The van der Waals surface area contributed by atoms with E-state index in [1.165, 1.54) is 12.0 Å². The Hall–Kier alpha value is -0.670. The fraction of sp³-hybridized carbons (Fsp3) is 0.538. The number of ether oxygens (including phenoxy) is 1. The van der Waals surface area contributed by atoms with Crippen molar-refractivity contribution < 1.29 is 8.95 Å². The van der Waals surface area contributed by atoms with E-state index >= 15 is 0 Å². The number of hydrogen-bond donors (Lipinski definition) is 0. The highest BCUT2D eigenvalue weighted by molar-refractivity contribution is 7.85. The van der Waals surface area contributed by atoms with Crippen molar-refractivity contribution in [3.05, 3.63) is 29.8 Å². The molecule has 2 nitrogen and oxygen atoms in total. The Kier molecular flexibility index (Phi) is 3.77. The van der Waals surface area contributed by atoms with Crippen LogP contribution in [0.3, 0.4) is 0 Å². The van der Waals surface area contributed by atoms with Crippen LogP contribution in [0.25, 0.3) is 0 Å². The molecule has 0 unspecified atom stereocenters. The molecule has 1 aliphatic rings. The molecule has 1 saturated heterocycles. The summed E-state index contributed by atoms with van der Waals surface area (Å²) in [7, 11) is -0.988. The third-order valence-corrected chi connectivity index (χ3v) is 4.42. The zero-order chi connectivity index (χ0) is 11.5. The normalized spacial score (nSPS) is 25.4. The molecule has 0 N–H and O–H groups in total. The van der Waals surface area contributed by atoms with Gasteiger partial charge >= 0.3 is 0 Å². The molecule has 0 spiro atoms.